The molecule has 5 heteroatoms. The second kappa shape index (κ2) is 9.51. The van der Waals surface area contributed by atoms with Crippen molar-refractivity contribution in [1.82, 2.24) is 5.01 Å². The number of hydrogen-bond donors (Lipinski definition) is 0. The topological polar surface area (TPSA) is 51.1 Å². The molecule has 1 heterocycles. The van der Waals surface area contributed by atoms with Crippen LogP contribution in [0.25, 0.3) is 0 Å². The van der Waals surface area contributed by atoms with E-state index in [1.165, 1.54) is 37.8 Å². The van der Waals surface area contributed by atoms with Crippen LogP contribution in [0.2, 0.25) is 0 Å². The molecule has 3 aliphatic rings. The van der Waals surface area contributed by atoms with Crippen LogP contribution < -0.4 is 0 Å². The maximum Gasteiger partial charge on any atom is 0.242 e. The molecular weight excluding hydrogens is 340 g/mol. The lowest BCUT2D eigenvalue weighted by molar-refractivity contribution is -0.133. The Morgan fingerprint density at radius 3 is 2.33 bits per heavy atom. The van der Waals surface area contributed by atoms with Crippen molar-refractivity contribution >= 4 is 11.6 Å². The van der Waals surface area contributed by atoms with E-state index in [0.717, 1.165) is 31.6 Å². The Morgan fingerprint density at radius 1 is 1.04 bits per heavy atom. The van der Waals surface area contributed by atoms with E-state index in [2.05, 4.69) is 6.92 Å². The molecule has 27 heavy (non-hydrogen) atoms. The van der Waals surface area contributed by atoms with E-state index in [-0.39, 0.29) is 24.2 Å². The first-order chi connectivity index (χ1) is 13.1. The molecule has 2 saturated carbocycles. The van der Waals surface area contributed by atoms with E-state index < -0.39 is 0 Å². The zero-order chi connectivity index (χ0) is 19.4. The SMILES string of the molecule is CCC(=O)N1N=C(C2CCC(OC)C(OC)C2)CC1C1CCC(CC)CC1. The molecule has 154 valence electrons. The number of nitrogens with zero attached hydrogens (tertiary/aromatic N) is 2. The molecule has 2 fully saturated rings. The first kappa shape index (κ1) is 20.8. The Kier molecular flexibility index (Phi) is 7.32. The Balaban J connectivity index is 1.69. The summed E-state index contributed by atoms with van der Waals surface area (Å²) in [5.74, 6) is 2.09. The third-order valence-corrected chi connectivity index (χ3v) is 7.35. The highest BCUT2D eigenvalue weighted by molar-refractivity contribution is 5.91. The summed E-state index contributed by atoms with van der Waals surface area (Å²) in [4.78, 5) is 12.6. The molecule has 1 amide bonds. The summed E-state index contributed by atoms with van der Waals surface area (Å²) < 4.78 is 11.3. The van der Waals surface area contributed by atoms with Gasteiger partial charge in [-0.05, 0) is 43.9 Å². The van der Waals surface area contributed by atoms with Gasteiger partial charge in [0.25, 0.3) is 0 Å². The van der Waals surface area contributed by atoms with Crippen LogP contribution >= 0.6 is 0 Å². The molecule has 0 aromatic carbocycles. The van der Waals surface area contributed by atoms with Crippen molar-refractivity contribution in [2.75, 3.05) is 14.2 Å². The van der Waals surface area contributed by atoms with Gasteiger partial charge in [0.05, 0.1) is 18.2 Å². The van der Waals surface area contributed by atoms with Crippen molar-refractivity contribution < 1.29 is 14.3 Å². The minimum atomic E-state index is 0.130. The lowest BCUT2D eigenvalue weighted by atomic mass is 9.75. The average molecular weight is 379 g/mol. The van der Waals surface area contributed by atoms with Crippen molar-refractivity contribution in [1.29, 1.82) is 0 Å². The van der Waals surface area contributed by atoms with E-state index in [4.69, 9.17) is 14.6 Å². The van der Waals surface area contributed by atoms with Gasteiger partial charge in [-0.3, -0.25) is 4.79 Å². The molecule has 0 saturated heterocycles. The van der Waals surface area contributed by atoms with Gasteiger partial charge in [-0.2, -0.15) is 5.10 Å². The Labute approximate surface area is 164 Å². The van der Waals surface area contributed by atoms with Crippen molar-refractivity contribution in [3.8, 4) is 0 Å². The summed E-state index contributed by atoms with van der Waals surface area (Å²) in [6.45, 7) is 4.25. The molecule has 3 rings (SSSR count). The standard InChI is InChI=1S/C22H38N2O3/c1-5-15-7-9-16(10-8-15)19-14-18(23-24(19)22(25)6-2)17-11-12-20(26-3)21(13-17)27-4/h15-17,19-21H,5-14H2,1-4H3. The van der Waals surface area contributed by atoms with Crippen LogP contribution in [0.3, 0.4) is 0 Å². The fraction of sp³-hybridized carbons (Fsp3) is 0.909. The molecule has 0 aromatic heterocycles. The molecule has 0 radical (unpaired) electrons. The van der Waals surface area contributed by atoms with Gasteiger partial charge < -0.3 is 9.47 Å². The third-order valence-electron chi connectivity index (χ3n) is 7.35. The van der Waals surface area contributed by atoms with Crippen LogP contribution in [-0.4, -0.2) is 49.1 Å². The van der Waals surface area contributed by atoms with Crippen LogP contribution in [0.1, 0.15) is 78.1 Å². The number of hydrogen-bond acceptors (Lipinski definition) is 4. The summed E-state index contributed by atoms with van der Waals surface area (Å²) in [7, 11) is 3.55. The Morgan fingerprint density at radius 2 is 1.74 bits per heavy atom. The van der Waals surface area contributed by atoms with Gasteiger partial charge in [-0.25, -0.2) is 5.01 Å². The summed E-state index contributed by atoms with van der Waals surface area (Å²) in [5, 5.41) is 6.77. The van der Waals surface area contributed by atoms with E-state index in [1.54, 1.807) is 14.2 Å². The summed E-state index contributed by atoms with van der Waals surface area (Å²) in [5.41, 5.74) is 1.23. The van der Waals surface area contributed by atoms with Crippen molar-refractivity contribution in [3.05, 3.63) is 0 Å². The molecule has 2 aliphatic carbocycles. The van der Waals surface area contributed by atoms with Gasteiger partial charge in [-0.15, -0.1) is 0 Å². The Bertz CT molecular complexity index is 528. The first-order valence-corrected chi connectivity index (χ1v) is 11.1. The summed E-state index contributed by atoms with van der Waals surface area (Å²) in [6, 6.07) is 0.284. The predicted molar refractivity (Wildman–Crippen MR) is 108 cm³/mol. The second-order valence-corrected chi connectivity index (χ2v) is 8.70. The number of ether oxygens (including phenoxy) is 2. The van der Waals surface area contributed by atoms with Gasteiger partial charge in [0, 0.05) is 38.7 Å². The maximum atomic E-state index is 12.6. The molecule has 0 spiro atoms. The van der Waals surface area contributed by atoms with Crippen LogP contribution in [0.5, 0.6) is 0 Å². The largest absolute Gasteiger partial charge is 0.379 e. The minimum Gasteiger partial charge on any atom is -0.379 e. The third kappa shape index (κ3) is 4.56. The number of rotatable bonds is 6. The Hall–Kier alpha value is -0.940. The van der Waals surface area contributed by atoms with Gasteiger partial charge in [0.2, 0.25) is 5.91 Å². The van der Waals surface area contributed by atoms with E-state index in [1.807, 2.05) is 11.9 Å². The fourth-order valence-corrected chi connectivity index (χ4v) is 5.47. The molecular formula is C22H38N2O3. The number of amides is 1. The predicted octanol–water partition coefficient (Wildman–Crippen LogP) is 4.40. The quantitative estimate of drug-likeness (QED) is 0.688. The monoisotopic (exact) mass is 378 g/mol. The smallest absolute Gasteiger partial charge is 0.242 e. The molecule has 1 aliphatic heterocycles. The number of methoxy groups -OCH3 is 2. The van der Waals surface area contributed by atoms with E-state index in [9.17, 15) is 4.79 Å². The van der Waals surface area contributed by atoms with Crippen LogP contribution in [-0.2, 0) is 14.3 Å². The molecule has 0 N–H and O–H groups in total. The zero-order valence-corrected chi connectivity index (χ0v) is 17.7. The lowest BCUT2D eigenvalue weighted by Crippen LogP contribution is -2.40. The zero-order valence-electron chi connectivity index (χ0n) is 17.7. The normalized spacial score (nSPS) is 37.3. The van der Waals surface area contributed by atoms with Crippen molar-refractivity contribution in [2.24, 2.45) is 22.9 Å². The van der Waals surface area contributed by atoms with Crippen LogP contribution in [0.4, 0.5) is 0 Å². The van der Waals surface area contributed by atoms with Crippen LogP contribution in [0, 0.1) is 17.8 Å². The molecule has 4 unspecified atom stereocenters. The van der Waals surface area contributed by atoms with Gasteiger partial charge in [0.1, 0.15) is 0 Å². The molecule has 4 atom stereocenters. The number of hydrazone groups is 1. The highest BCUT2D eigenvalue weighted by atomic mass is 16.5. The van der Waals surface area contributed by atoms with Gasteiger partial charge in [-0.1, -0.05) is 33.1 Å². The number of carbonyl (C=O) groups excluding carboxylic acids is 1. The summed E-state index contributed by atoms with van der Waals surface area (Å²) in [6.07, 6.45) is 11.3. The summed E-state index contributed by atoms with van der Waals surface area (Å²) >= 11 is 0. The first-order valence-electron chi connectivity index (χ1n) is 11.1. The highest BCUT2D eigenvalue weighted by Crippen LogP contribution is 2.40. The van der Waals surface area contributed by atoms with Gasteiger partial charge >= 0.3 is 0 Å². The minimum absolute atomic E-state index is 0.130. The fourth-order valence-electron chi connectivity index (χ4n) is 5.47. The van der Waals surface area contributed by atoms with Gasteiger partial charge in [0.15, 0.2) is 0 Å². The molecule has 5 nitrogen and oxygen atoms in total. The number of carbonyl (C=O) groups is 1. The second-order valence-electron chi connectivity index (χ2n) is 8.70. The highest BCUT2D eigenvalue weighted by Gasteiger charge is 2.41. The van der Waals surface area contributed by atoms with E-state index >= 15 is 0 Å². The molecule has 0 aromatic rings. The average Bonchev–Trinajstić information content (AvgIpc) is 3.18. The van der Waals surface area contributed by atoms with Crippen molar-refractivity contribution in [2.45, 2.75) is 96.3 Å². The van der Waals surface area contributed by atoms with E-state index in [0.29, 0.717) is 18.3 Å². The van der Waals surface area contributed by atoms with Crippen molar-refractivity contribution in [3.63, 3.8) is 0 Å². The molecule has 0 bridgehead atoms. The lowest BCUT2D eigenvalue weighted by Gasteiger charge is -2.35. The maximum absolute atomic E-state index is 12.6. The van der Waals surface area contributed by atoms with Crippen LogP contribution in [0.15, 0.2) is 5.10 Å².